The molecule has 0 bridgehead atoms. The number of halogens is 1. The highest BCUT2D eigenvalue weighted by molar-refractivity contribution is 6.30. The summed E-state index contributed by atoms with van der Waals surface area (Å²) in [4.78, 5) is 8.71. The number of benzene rings is 2. The minimum atomic E-state index is 0.536. The Bertz CT molecular complexity index is 847. The van der Waals surface area contributed by atoms with Crippen molar-refractivity contribution >= 4 is 35.4 Å². The van der Waals surface area contributed by atoms with Gasteiger partial charge in [-0.25, -0.2) is 9.97 Å². The molecule has 0 saturated carbocycles. The molecule has 24 heavy (non-hydrogen) atoms. The number of hydrogen-bond acceptors (Lipinski definition) is 4. The summed E-state index contributed by atoms with van der Waals surface area (Å²) in [5.74, 6) is 1.34. The number of rotatable bonds is 5. The average Bonchev–Trinajstić information content (AvgIpc) is 2.61. The lowest BCUT2D eigenvalue weighted by atomic mass is 10.2. The van der Waals surface area contributed by atoms with Gasteiger partial charge in [0, 0.05) is 16.9 Å². The topological polar surface area (TPSA) is 47.0 Å². The van der Waals surface area contributed by atoms with Crippen molar-refractivity contribution in [3.63, 3.8) is 0 Å². The number of aromatic nitrogens is 2. The quantitative estimate of drug-likeness (QED) is 0.707. The maximum atomic E-state index is 5.99. The standard InChI is InChI=1S/C19H16ClN3O/c1-24-18-9-7-16(8-10-18)22-19-21-12-11-17(23-19)6-5-14-3-2-4-15(20)13-14/h2-13H,1H3,(H,21,22,23)/b6-5+. The van der Waals surface area contributed by atoms with Gasteiger partial charge in [-0.2, -0.15) is 0 Å². The smallest absolute Gasteiger partial charge is 0.227 e. The lowest BCUT2D eigenvalue weighted by molar-refractivity contribution is 0.415. The van der Waals surface area contributed by atoms with Gasteiger partial charge in [0.25, 0.3) is 0 Å². The Morgan fingerprint density at radius 2 is 1.88 bits per heavy atom. The maximum absolute atomic E-state index is 5.99. The van der Waals surface area contributed by atoms with Gasteiger partial charge < -0.3 is 10.1 Å². The predicted molar refractivity (Wildman–Crippen MR) is 98.7 cm³/mol. The zero-order valence-corrected chi connectivity index (χ0v) is 13.9. The van der Waals surface area contributed by atoms with Gasteiger partial charge in [0.1, 0.15) is 5.75 Å². The summed E-state index contributed by atoms with van der Waals surface area (Å²) < 4.78 is 5.14. The highest BCUT2D eigenvalue weighted by atomic mass is 35.5. The molecule has 0 aliphatic heterocycles. The number of nitrogens with one attached hydrogen (secondary N) is 1. The second-order valence-corrected chi connectivity index (χ2v) is 5.48. The van der Waals surface area contributed by atoms with Crippen LogP contribution in [0, 0.1) is 0 Å². The predicted octanol–water partition coefficient (Wildman–Crippen LogP) is 5.05. The average molecular weight is 338 g/mol. The van der Waals surface area contributed by atoms with E-state index in [1.165, 1.54) is 0 Å². The van der Waals surface area contributed by atoms with E-state index in [0.29, 0.717) is 11.0 Å². The summed E-state index contributed by atoms with van der Waals surface area (Å²) >= 11 is 5.99. The monoisotopic (exact) mass is 337 g/mol. The van der Waals surface area contributed by atoms with Crippen LogP contribution in [0.3, 0.4) is 0 Å². The molecule has 0 radical (unpaired) electrons. The molecular formula is C19H16ClN3O. The first-order valence-electron chi connectivity index (χ1n) is 7.41. The zero-order chi connectivity index (χ0) is 16.8. The number of methoxy groups -OCH3 is 1. The molecule has 4 nitrogen and oxygen atoms in total. The fourth-order valence-electron chi connectivity index (χ4n) is 2.12. The zero-order valence-electron chi connectivity index (χ0n) is 13.1. The van der Waals surface area contributed by atoms with Crippen LogP contribution >= 0.6 is 11.6 Å². The molecule has 0 amide bonds. The third-order valence-electron chi connectivity index (χ3n) is 3.32. The van der Waals surface area contributed by atoms with E-state index in [-0.39, 0.29) is 0 Å². The number of hydrogen-bond donors (Lipinski definition) is 1. The molecule has 0 aliphatic rings. The number of anilines is 2. The number of nitrogens with zero attached hydrogens (tertiary/aromatic N) is 2. The second kappa shape index (κ2) is 7.62. The molecule has 120 valence electrons. The molecule has 0 atom stereocenters. The van der Waals surface area contributed by atoms with E-state index in [4.69, 9.17) is 16.3 Å². The SMILES string of the molecule is COc1ccc(Nc2nccc(/C=C/c3cccc(Cl)c3)n2)cc1. The summed E-state index contributed by atoms with van der Waals surface area (Å²) in [6.07, 6.45) is 5.61. The fraction of sp³-hybridized carbons (Fsp3) is 0.0526. The maximum Gasteiger partial charge on any atom is 0.227 e. The van der Waals surface area contributed by atoms with Crippen molar-refractivity contribution in [1.29, 1.82) is 0 Å². The Labute approximate surface area is 145 Å². The first-order valence-corrected chi connectivity index (χ1v) is 7.78. The van der Waals surface area contributed by atoms with Crippen molar-refractivity contribution < 1.29 is 4.74 Å². The van der Waals surface area contributed by atoms with E-state index in [0.717, 1.165) is 22.7 Å². The van der Waals surface area contributed by atoms with Crippen LogP contribution in [0.4, 0.5) is 11.6 Å². The molecular weight excluding hydrogens is 322 g/mol. The molecule has 1 heterocycles. The highest BCUT2D eigenvalue weighted by Crippen LogP contribution is 2.18. The van der Waals surface area contributed by atoms with E-state index >= 15 is 0 Å². The van der Waals surface area contributed by atoms with Crippen molar-refractivity contribution in [2.45, 2.75) is 0 Å². The first-order chi connectivity index (χ1) is 11.7. The summed E-state index contributed by atoms with van der Waals surface area (Å²) in [6, 6.07) is 17.1. The van der Waals surface area contributed by atoms with Crippen molar-refractivity contribution in [2.24, 2.45) is 0 Å². The summed E-state index contributed by atoms with van der Waals surface area (Å²) in [5.41, 5.74) is 2.72. The van der Waals surface area contributed by atoms with Gasteiger partial charge >= 0.3 is 0 Å². The van der Waals surface area contributed by atoms with Crippen LogP contribution in [0.1, 0.15) is 11.3 Å². The van der Waals surface area contributed by atoms with Gasteiger partial charge in [0.2, 0.25) is 5.95 Å². The molecule has 0 fully saturated rings. The Morgan fingerprint density at radius 1 is 1.04 bits per heavy atom. The minimum absolute atomic E-state index is 0.536. The molecule has 0 aliphatic carbocycles. The van der Waals surface area contributed by atoms with Crippen LogP contribution in [0.5, 0.6) is 5.75 Å². The highest BCUT2D eigenvalue weighted by Gasteiger charge is 1.99. The second-order valence-electron chi connectivity index (χ2n) is 5.05. The summed E-state index contributed by atoms with van der Waals surface area (Å²) in [6.45, 7) is 0. The molecule has 1 aromatic heterocycles. The molecule has 0 unspecified atom stereocenters. The van der Waals surface area contributed by atoms with Crippen molar-refractivity contribution in [3.05, 3.63) is 77.1 Å². The van der Waals surface area contributed by atoms with Crippen LogP contribution in [-0.4, -0.2) is 17.1 Å². The van der Waals surface area contributed by atoms with E-state index in [1.54, 1.807) is 13.3 Å². The third kappa shape index (κ3) is 4.33. The van der Waals surface area contributed by atoms with Crippen molar-refractivity contribution in [2.75, 3.05) is 12.4 Å². The molecule has 3 aromatic rings. The van der Waals surface area contributed by atoms with E-state index in [1.807, 2.05) is 66.7 Å². The molecule has 0 saturated heterocycles. The summed E-state index contributed by atoms with van der Waals surface area (Å²) in [7, 11) is 1.64. The van der Waals surface area contributed by atoms with E-state index < -0.39 is 0 Å². The van der Waals surface area contributed by atoms with Gasteiger partial charge in [-0.1, -0.05) is 29.8 Å². The fourth-order valence-corrected chi connectivity index (χ4v) is 2.32. The Morgan fingerprint density at radius 3 is 2.62 bits per heavy atom. The third-order valence-corrected chi connectivity index (χ3v) is 3.55. The van der Waals surface area contributed by atoms with Crippen LogP contribution in [0.15, 0.2) is 60.8 Å². The molecule has 0 spiro atoms. The first kappa shape index (κ1) is 16.0. The Kier molecular flexibility index (Phi) is 5.08. The van der Waals surface area contributed by atoms with Crippen LogP contribution < -0.4 is 10.1 Å². The van der Waals surface area contributed by atoms with Gasteiger partial charge in [-0.3, -0.25) is 0 Å². The normalized spacial score (nSPS) is 10.8. The van der Waals surface area contributed by atoms with Crippen LogP contribution in [0.2, 0.25) is 5.02 Å². The molecule has 5 heteroatoms. The van der Waals surface area contributed by atoms with Crippen LogP contribution in [0.25, 0.3) is 12.2 Å². The number of ether oxygens (including phenoxy) is 1. The van der Waals surface area contributed by atoms with Crippen molar-refractivity contribution in [3.8, 4) is 5.75 Å². The van der Waals surface area contributed by atoms with Gasteiger partial charge in [-0.05, 0) is 54.1 Å². The van der Waals surface area contributed by atoms with E-state index in [9.17, 15) is 0 Å². The Balaban J connectivity index is 1.73. The van der Waals surface area contributed by atoms with E-state index in [2.05, 4.69) is 15.3 Å². The van der Waals surface area contributed by atoms with Crippen LogP contribution in [-0.2, 0) is 0 Å². The molecule has 2 aromatic carbocycles. The lowest BCUT2D eigenvalue weighted by Crippen LogP contribution is -1.97. The van der Waals surface area contributed by atoms with Crippen molar-refractivity contribution in [1.82, 2.24) is 9.97 Å². The van der Waals surface area contributed by atoms with Gasteiger partial charge in [-0.15, -0.1) is 0 Å². The largest absolute Gasteiger partial charge is 0.497 e. The van der Waals surface area contributed by atoms with Gasteiger partial charge in [0.15, 0.2) is 0 Å². The molecule has 3 rings (SSSR count). The van der Waals surface area contributed by atoms with Gasteiger partial charge in [0.05, 0.1) is 12.8 Å². The Hall–Kier alpha value is -2.85. The summed E-state index contributed by atoms with van der Waals surface area (Å²) in [5, 5.41) is 3.88. The lowest BCUT2D eigenvalue weighted by Gasteiger charge is -2.06. The minimum Gasteiger partial charge on any atom is -0.497 e. The molecule has 1 N–H and O–H groups in total.